The standard InChI is InChI=1S/C36H49NO3.C7H14BFS.CH3NO/c1-6-35(3,4)15-13-25-22-26-23-29(40-28-9-7-27(8-10-28)37-17-19-39-20-18-37)11-12-30(26)31-14-16-36(5)32(33(25)31)21-24(2)34(36)38;1-6(4-3-5-10)7(2,8)9;2-1-3/h7-12,23-25,31-33H,6,13-22H2,1-5H3;6,10H,3-5H2,1-2H3;1H,(H2,2,3)/t24?,25-,31?,32?,33?,36?;;/m1../s1. The number of amides is 1. The van der Waals surface area contributed by atoms with Gasteiger partial charge in [0.25, 0.3) is 0 Å². The van der Waals surface area contributed by atoms with Gasteiger partial charge in [-0.1, -0.05) is 54.0 Å². The minimum absolute atomic E-state index is 0.0698. The molecule has 2 radical (unpaired) electrons. The van der Waals surface area contributed by atoms with Crippen molar-refractivity contribution >= 4 is 38.4 Å². The number of morpholine rings is 1. The zero-order chi connectivity index (χ0) is 39.0. The number of ether oxygens (including phenoxy) is 2. The molecule has 1 saturated heterocycles. The van der Waals surface area contributed by atoms with Crippen LogP contribution >= 0.6 is 12.6 Å². The summed E-state index contributed by atoms with van der Waals surface area (Å²) in [5.74, 6) is 5.66. The first-order valence-electron chi connectivity index (χ1n) is 20.1. The number of halogens is 1. The third-order valence-electron chi connectivity index (χ3n) is 13.2. The number of fused-ring (bicyclic) bond motifs is 5. The summed E-state index contributed by atoms with van der Waals surface area (Å²) in [5, 5.41) is 0. The van der Waals surface area contributed by atoms with E-state index in [-0.39, 0.29) is 23.7 Å². The summed E-state index contributed by atoms with van der Waals surface area (Å²) in [6, 6.07) is 15.4. The molecule has 7 unspecified atom stereocenters. The van der Waals surface area contributed by atoms with Crippen molar-refractivity contribution in [3.63, 3.8) is 0 Å². The van der Waals surface area contributed by atoms with E-state index in [2.05, 4.69) is 100 Å². The van der Waals surface area contributed by atoms with E-state index in [9.17, 15) is 9.18 Å². The van der Waals surface area contributed by atoms with Crippen molar-refractivity contribution in [1.82, 2.24) is 0 Å². The van der Waals surface area contributed by atoms with Crippen LogP contribution in [0, 0.1) is 40.4 Å². The number of carbonyl (C=O) groups excluding carboxylic acids is 2. The van der Waals surface area contributed by atoms with Gasteiger partial charge in [0, 0.05) is 30.1 Å². The number of rotatable bonds is 11. The lowest BCUT2D eigenvalue weighted by atomic mass is 9.52. The van der Waals surface area contributed by atoms with E-state index in [4.69, 9.17) is 22.1 Å². The maximum Gasteiger partial charge on any atom is 0.204 e. The van der Waals surface area contributed by atoms with Crippen LogP contribution in [0.3, 0.4) is 0 Å². The first-order chi connectivity index (χ1) is 25.1. The molecule has 1 amide bonds. The number of hydrogen-bond donors (Lipinski definition) is 2. The van der Waals surface area contributed by atoms with Gasteiger partial charge in [-0.3, -0.25) is 14.0 Å². The number of benzene rings is 2. The molecule has 2 aromatic carbocycles. The fourth-order valence-corrected chi connectivity index (χ4v) is 9.53. The van der Waals surface area contributed by atoms with Gasteiger partial charge in [-0.15, -0.1) is 0 Å². The molecule has 6 nitrogen and oxygen atoms in total. The van der Waals surface area contributed by atoms with Gasteiger partial charge >= 0.3 is 0 Å². The monoisotopic (exact) mass is 748 g/mol. The highest BCUT2D eigenvalue weighted by Crippen LogP contribution is 2.63. The van der Waals surface area contributed by atoms with E-state index in [0.29, 0.717) is 34.9 Å². The zero-order valence-corrected chi connectivity index (χ0v) is 34.4. The molecule has 53 heavy (non-hydrogen) atoms. The predicted octanol–water partition coefficient (Wildman–Crippen LogP) is 9.72. The Kier molecular flexibility index (Phi) is 15.4. The Labute approximate surface area is 326 Å². The van der Waals surface area contributed by atoms with Crippen molar-refractivity contribution in [2.45, 2.75) is 118 Å². The summed E-state index contributed by atoms with van der Waals surface area (Å²) in [7, 11) is 5.23. The summed E-state index contributed by atoms with van der Waals surface area (Å²) in [5.41, 5.74) is 7.12. The highest BCUT2D eigenvalue weighted by molar-refractivity contribution is 7.80. The molecule has 9 heteroatoms. The van der Waals surface area contributed by atoms with E-state index < -0.39 is 5.57 Å². The van der Waals surface area contributed by atoms with Crippen molar-refractivity contribution < 1.29 is 23.5 Å². The lowest BCUT2D eigenvalue weighted by Gasteiger charge is -2.52. The number of carbonyl (C=O) groups is 2. The number of alkyl halides is 1. The Morgan fingerprint density at radius 1 is 1.15 bits per heavy atom. The third kappa shape index (κ3) is 10.8. The second kappa shape index (κ2) is 18.9. The van der Waals surface area contributed by atoms with Gasteiger partial charge in [-0.05, 0) is 147 Å². The number of Topliss-reactive ketones (excluding diaryl/α,β-unsaturated/α-hetero) is 1. The first-order valence-corrected chi connectivity index (χ1v) is 20.7. The van der Waals surface area contributed by atoms with Crippen LogP contribution in [0.15, 0.2) is 42.5 Å². The molecule has 8 atom stereocenters. The molecule has 0 bridgehead atoms. The molecule has 0 aromatic heterocycles. The van der Waals surface area contributed by atoms with Crippen molar-refractivity contribution in [2.24, 2.45) is 46.2 Å². The van der Waals surface area contributed by atoms with Crippen molar-refractivity contribution in [3.05, 3.63) is 53.6 Å². The predicted molar refractivity (Wildman–Crippen MR) is 220 cm³/mol. The van der Waals surface area contributed by atoms with Crippen LogP contribution in [0.1, 0.15) is 117 Å². The molecule has 3 aliphatic carbocycles. The lowest BCUT2D eigenvalue weighted by molar-refractivity contribution is -0.132. The van der Waals surface area contributed by atoms with Crippen LogP contribution < -0.4 is 15.4 Å². The van der Waals surface area contributed by atoms with E-state index >= 15 is 0 Å². The number of nitrogens with two attached hydrogens (primary N) is 1. The first kappa shape index (κ1) is 43.2. The molecule has 3 fully saturated rings. The number of thiol groups is 1. The molecular formula is C44H66BFN2O4S. The maximum atomic E-state index is 13.4. The second-order valence-corrected chi connectivity index (χ2v) is 17.8. The van der Waals surface area contributed by atoms with Crippen LogP contribution in [0.2, 0.25) is 0 Å². The van der Waals surface area contributed by atoms with Gasteiger partial charge < -0.3 is 20.1 Å². The Morgan fingerprint density at radius 3 is 2.40 bits per heavy atom. The Bertz CT molecular complexity index is 1480. The molecule has 1 heterocycles. The van der Waals surface area contributed by atoms with Crippen LogP contribution in [-0.4, -0.2) is 57.7 Å². The summed E-state index contributed by atoms with van der Waals surface area (Å²) in [6.07, 6.45) is 10.1. The molecule has 2 N–H and O–H groups in total. The molecule has 2 aromatic rings. The lowest BCUT2D eigenvalue weighted by Crippen LogP contribution is -2.46. The minimum atomic E-state index is -1.52. The van der Waals surface area contributed by atoms with Crippen molar-refractivity contribution in [2.75, 3.05) is 37.0 Å². The number of ketones is 1. The van der Waals surface area contributed by atoms with Crippen LogP contribution in [-0.2, 0) is 20.7 Å². The Morgan fingerprint density at radius 2 is 1.79 bits per heavy atom. The third-order valence-corrected chi connectivity index (χ3v) is 13.6. The van der Waals surface area contributed by atoms with Gasteiger partial charge in [0.05, 0.1) is 18.8 Å². The topological polar surface area (TPSA) is 81.9 Å². The molecule has 292 valence electrons. The molecule has 6 rings (SSSR count). The van der Waals surface area contributed by atoms with Gasteiger partial charge in [0.1, 0.15) is 25.1 Å². The molecule has 4 aliphatic rings. The van der Waals surface area contributed by atoms with Gasteiger partial charge in [0.15, 0.2) is 0 Å². The van der Waals surface area contributed by atoms with Gasteiger partial charge in [0.2, 0.25) is 6.41 Å². The summed E-state index contributed by atoms with van der Waals surface area (Å²) >= 11 is 4.03. The van der Waals surface area contributed by atoms with Gasteiger partial charge in [-0.2, -0.15) is 12.6 Å². The number of primary amides is 1. The van der Waals surface area contributed by atoms with E-state index in [1.807, 2.05) is 6.92 Å². The van der Waals surface area contributed by atoms with Crippen molar-refractivity contribution in [1.29, 1.82) is 0 Å². The average molecular weight is 749 g/mol. The van der Waals surface area contributed by atoms with Crippen LogP contribution in [0.25, 0.3) is 0 Å². The molecule has 2 saturated carbocycles. The fraction of sp³-hybridized carbons (Fsp3) is 0.682. The number of anilines is 1. The largest absolute Gasteiger partial charge is 0.457 e. The Hall–Kier alpha value is -2.52. The number of nitrogens with zero attached hydrogens (tertiary/aromatic N) is 1. The quantitative estimate of drug-likeness (QED) is 0.136. The second-order valence-electron chi connectivity index (χ2n) is 17.4. The Balaban J connectivity index is 0.000000416. The van der Waals surface area contributed by atoms with Crippen molar-refractivity contribution in [3.8, 4) is 11.5 Å². The maximum absolute atomic E-state index is 13.4. The number of hydrogen-bond acceptors (Lipinski definition) is 6. The van der Waals surface area contributed by atoms with Gasteiger partial charge in [-0.25, -0.2) is 0 Å². The summed E-state index contributed by atoms with van der Waals surface area (Å²) < 4.78 is 24.8. The zero-order valence-electron chi connectivity index (χ0n) is 33.5. The molecule has 1 aliphatic heterocycles. The fourth-order valence-electron chi connectivity index (χ4n) is 9.34. The highest BCUT2D eigenvalue weighted by Gasteiger charge is 2.58. The SMILES string of the molecule is CCC(C)(C)CC[C@@H]1Cc2cc(Oc3ccc(N4CCOCC4)cc3)ccc2C2CCC3(C)C(=O)C(C)CC3C21.NC=O.[B]C(C)(F)C(C)CCCS. The smallest absolute Gasteiger partial charge is 0.204 e. The average Bonchev–Trinajstić information content (AvgIpc) is 3.37. The summed E-state index contributed by atoms with van der Waals surface area (Å²) in [6.45, 7) is 18.4. The minimum Gasteiger partial charge on any atom is -0.457 e. The summed E-state index contributed by atoms with van der Waals surface area (Å²) in [4.78, 5) is 24.3. The van der Waals surface area contributed by atoms with E-state index in [1.165, 1.54) is 43.0 Å². The van der Waals surface area contributed by atoms with E-state index in [0.717, 1.165) is 82.1 Å². The highest BCUT2D eigenvalue weighted by atomic mass is 32.1. The molecule has 0 spiro atoms. The molecular weight excluding hydrogens is 682 g/mol. The van der Waals surface area contributed by atoms with E-state index in [1.54, 1.807) is 0 Å². The van der Waals surface area contributed by atoms with Crippen LogP contribution in [0.5, 0.6) is 11.5 Å². The van der Waals surface area contributed by atoms with Crippen LogP contribution in [0.4, 0.5) is 10.1 Å². The normalized spacial score (nSPS) is 28.1.